The van der Waals surface area contributed by atoms with Gasteiger partial charge in [-0.05, 0) is 21.5 Å². The quantitative estimate of drug-likeness (QED) is 0.503. The lowest BCUT2D eigenvalue weighted by Crippen LogP contribution is -1.91. The molecule has 0 aliphatic heterocycles. The van der Waals surface area contributed by atoms with Crippen molar-refractivity contribution in [3.8, 4) is 5.75 Å². The molecule has 0 radical (unpaired) electrons. The number of fused-ring (bicyclic) bond motifs is 3. The molecule has 0 aromatic heterocycles. The van der Waals surface area contributed by atoms with Crippen molar-refractivity contribution in [1.29, 1.82) is 0 Å². The molecular weight excluding hydrogens is 184 g/mol. The molecule has 72 valence electrons. The first-order valence-electron chi connectivity index (χ1n) is 4.94. The number of hydrogen-bond acceptors (Lipinski definition) is 1. The second-order valence-corrected chi connectivity index (χ2v) is 3.64. The summed E-state index contributed by atoms with van der Waals surface area (Å²) in [6.07, 6.45) is 0. The molecule has 0 aliphatic carbocycles. The normalized spacial score (nSPS) is 10.9. The predicted molar refractivity (Wildman–Crippen MR) is 60.9 cm³/mol. The van der Waals surface area contributed by atoms with Gasteiger partial charge in [0.05, 0.1) is 0 Å². The van der Waals surface area contributed by atoms with Gasteiger partial charge in [-0.25, -0.2) is 0 Å². The van der Waals surface area contributed by atoms with Crippen LogP contribution < -0.4 is 5.11 Å². The number of benzene rings is 3. The molecule has 0 heterocycles. The summed E-state index contributed by atoms with van der Waals surface area (Å²) in [4.78, 5) is 0. The van der Waals surface area contributed by atoms with E-state index in [4.69, 9.17) is 0 Å². The molecule has 1 nitrogen and oxygen atoms in total. The van der Waals surface area contributed by atoms with Gasteiger partial charge in [0.2, 0.25) is 0 Å². The second-order valence-electron chi connectivity index (χ2n) is 3.64. The van der Waals surface area contributed by atoms with Gasteiger partial charge in [-0.1, -0.05) is 54.6 Å². The molecule has 0 bridgehead atoms. The van der Waals surface area contributed by atoms with Crippen molar-refractivity contribution in [3.63, 3.8) is 0 Å². The van der Waals surface area contributed by atoms with E-state index in [1.54, 1.807) is 6.07 Å². The van der Waals surface area contributed by atoms with Crippen molar-refractivity contribution in [2.24, 2.45) is 0 Å². The molecule has 0 atom stereocenters. The van der Waals surface area contributed by atoms with Crippen LogP contribution in [0.3, 0.4) is 0 Å². The maximum absolute atomic E-state index is 11.8. The zero-order valence-electron chi connectivity index (χ0n) is 8.10. The second kappa shape index (κ2) is 2.99. The van der Waals surface area contributed by atoms with E-state index in [1.807, 2.05) is 42.5 Å². The van der Waals surface area contributed by atoms with Crippen molar-refractivity contribution in [1.82, 2.24) is 0 Å². The lowest BCUT2D eigenvalue weighted by molar-refractivity contribution is -0.265. The summed E-state index contributed by atoms with van der Waals surface area (Å²) >= 11 is 0. The van der Waals surface area contributed by atoms with E-state index in [1.165, 1.54) is 0 Å². The molecule has 3 aromatic carbocycles. The maximum atomic E-state index is 11.8. The molecule has 0 saturated heterocycles. The van der Waals surface area contributed by atoms with Gasteiger partial charge in [-0.15, -0.1) is 5.75 Å². The Morgan fingerprint density at radius 2 is 1.27 bits per heavy atom. The Labute approximate surface area is 87.6 Å². The molecular formula is C14H9O-. The highest BCUT2D eigenvalue weighted by molar-refractivity contribution is 6.09. The monoisotopic (exact) mass is 193 g/mol. The van der Waals surface area contributed by atoms with Crippen LogP contribution in [0.5, 0.6) is 5.75 Å². The van der Waals surface area contributed by atoms with Gasteiger partial charge in [-0.2, -0.15) is 0 Å². The highest BCUT2D eigenvalue weighted by Gasteiger charge is 1.99. The van der Waals surface area contributed by atoms with E-state index < -0.39 is 0 Å². The first-order chi connectivity index (χ1) is 7.36. The summed E-state index contributed by atoms with van der Waals surface area (Å²) in [6.45, 7) is 0. The van der Waals surface area contributed by atoms with Crippen molar-refractivity contribution in [2.45, 2.75) is 0 Å². The van der Waals surface area contributed by atoms with E-state index >= 15 is 0 Å². The van der Waals surface area contributed by atoms with Crippen LogP contribution in [0.1, 0.15) is 0 Å². The van der Waals surface area contributed by atoms with Crippen LogP contribution in [-0.4, -0.2) is 0 Å². The Balaban J connectivity index is 2.64. The fraction of sp³-hybridized carbons (Fsp3) is 0. The van der Waals surface area contributed by atoms with Crippen LogP contribution in [0.25, 0.3) is 21.5 Å². The lowest BCUT2D eigenvalue weighted by Gasteiger charge is -2.12. The predicted octanol–water partition coefficient (Wildman–Crippen LogP) is 3.07. The smallest absolute Gasteiger partial charge is 0.0106 e. The van der Waals surface area contributed by atoms with Crippen LogP contribution in [0.4, 0.5) is 0 Å². The van der Waals surface area contributed by atoms with Crippen molar-refractivity contribution in [2.75, 3.05) is 0 Å². The Bertz CT molecular complexity index is 641. The van der Waals surface area contributed by atoms with Crippen LogP contribution in [0.2, 0.25) is 0 Å². The minimum atomic E-state index is 0.101. The standard InChI is InChI=1S/C14H10O/c15-14-9-10-5-1-2-6-11(10)12-7-3-4-8-13(12)14/h1-9,15H/p-1. The van der Waals surface area contributed by atoms with Gasteiger partial charge in [-0.3, -0.25) is 0 Å². The largest absolute Gasteiger partial charge is 0.872 e. The molecule has 0 aliphatic rings. The van der Waals surface area contributed by atoms with E-state index in [-0.39, 0.29) is 5.75 Å². The van der Waals surface area contributed by atoms with Gasteiger partial charge in [0, 0.05) is 0 Å². The first-order valence-corrected chi connectivity index (χ1v) is 4.94. The summed E-state index contributed by atoms with van der Waals surface area (Å²) < 4.78 is 0. The van der Waals surface area contributed by atoms with Crippen LogP contribution in [0.15, 0.2) is 54.6 Å². The van der Waals surface area contributed by atoms with Gasteiger partial charge in [0.15, 0.2) is 0 Å². The third-order valence-corrected chi connectivity index (χ3v) is 2.73. The molecule has 0 unspecified atom stereocenters. The molecule has 15 heavy (non-hydrogen) atoms. The molecule has 0 spiro atoms. The number of rotatable bonds is 0. The fourth-order valence-corrected chi connectivity index (χ4v) is 2.02. The average molecular weight is 193 g/mol. The molecule has 0 N–H and O–H groups in total. The maximum Gasteiger partial charge on any atom is -0.0106 e. The topological polar surface area (TPSA) is 23.1 Å². The SMILES string of the molecule is [O-]c1cc2ccccc2c2ccccc12. The molecule has 1 heteroatoms. The Hall–Kier alpha value is -2.02. The first kappa shape index (κ1) is 8.30. The fourth-order valence-electron chi connectivity index (χ4n) is 2.02. The third kappa shape index (κ3) is 1.17. The van der Waals surface area contributed by atoms with E-state index in [0.717, 1.165) is 21.5 Å². The minimum Gasteiger partial charge on any atom is -0.872 e. The van der Waals surface area contributed by atoms with Crippen molar-refractivity contribution in [3.05, 3.63) is 54.6 Å². The van der Waals surface area contributed by atoms with Gasteiger partial charge >= 0.3 is 0 Å². The summed E-state index contributed by atoms with van der Waals surface area (Å²) in [7, 11) is 0. The van der Waals surface area contributed by atoms with E-state index in [9.17, 15) is 5.11 Å². The van der Waals surface area contributed by atoms with Crippen LogP contribution in [0, 0.1) is 0 Å². The van der Waals surface area contributed by atoms with E-state index in [0.29, 0.717) is 0 Å². The van der Waals surface area contributed by atoms with Crippen LogP contribution >= 0.6 is 0 Å². The van der Waals surface area contributed by atoms with Crippen molar-refractivity contribution < 1.29 is 5.11 Å². The molecule has 3 aromatic rings. The highest BCUT2D eigenvalue weighted by Crippen LogP contribution is 2.30. The summed E-state index contributed by atoms with van der Waals surface area (Å²) in [6, 6.07) is 17.4. The zero-order chi connectivity index (χ0) is 10.3. The Morgan fingerprint density at radius 3 is 2.07 bits per heavy atom. The average Bonchev–Trinajstić information content (AvgIpc) is 2.30. The van der Waals surface area contributed by atoms with Gasteiger partial charge in [0.1, 0.15) is 0 Å². The van der Waals surface area contributed by atoms with Gasteiger partial charge < -0.3 is 5.11 Å². The molecule has 3 rings (SSSR count). The van der Waals surface area contributed by atoms with Gasteiger partial charge in [0.25, 0.3) is 0 Å². The third-order valence-electron chi connectivity index (χ3n) is 2.73. The molecule has 0 saturated carbocycles. The van der Waals surface area contributed by atoms with E-state index in [2.05, 4.69) is 6.07 Å². The Kier molecular flexibility index (Phi) is 1.65. The number of hydrogen-bond donors (Lipinski definition) is 0. The highest BCUT2D eigenvalue weighted by atomic mass is 16.3. The van der Waals surface area contributed by atoms with Crippen LogP contribution in [-0.2, 0) is 0 Å². The summed E-state index contributed by atoms with van der Waals surface area (Å²) in [5.74, 6) is 0.101. The van der Waals surface area contributed by atoms with Crippen molar-refractivity contribution >= 4 is 21.5 Å². The lowest BCUT2D eigenvalue weighted by atomic mass is 10.0. The Morgan fingerprint density at radius 1 is 0.667 bits per heavy atom. The molecule has 0 amide bonds. The zero-order valence-corrected chi connectivity index (χ0v) is 8.10. The summed E-state index contributed by atoms with van der Waals surface area (Å²) in [5.41, 5.74) is 0. The summed E-state index contributed by atoms with van der Waals surface area (Å²) in [5, 5.41) is 15.8. The molecule has 0 fully saturated rings. The minimum absolute atomic E-state index is 0.101.